The highest BCUT2D eigenvalue weighted by Gasteiger charge is 2.20. The molecular weight excluding hydrogens is 476 g/mol. The summed E-state index contributed by atoms with van der Waals surface area (Å²) in [7, 11) is -3.87. The molecular formula is C25H21F2N3O4S. The molecule has 0 spiro atoms. The number of amides is 1. The quantitative estimate of drug-likeness (QED) is 0.368. The van der Waals surface area contributed by atoms with Crippen molar-refractivity contribution in [3.05, 3.63) is 95.9 Å². The van der Waals surface area contributed by atoms with E-state index in [2.05, 4.69) is 10.3 Å². The maximum absolute atomic E-state index is 14.3. The van der Waals surface area contributed by atoms with Gasteiger partial charge in [-0.3, -0.25) is 9.52 Å². The fourth-order valence-electron chi connectivity index (χ4n) is 3.45. The Labute approximate surface area is 200 Å². The van der Waals surface area contributed by atoms with E-state index in [4.69, 9.17) is 4.42 Å². The van der Waals surface area contributed by atoms with Gasteiger partial charge in [0.1, 0.15) is 12.0 Å². The van der Waals surface area contributed by atoms with Gasteiger partial charge in [0.25, 0.3) is 5.91 Å². The monoisotopic (exact) mass is 497 g/mol. The molecule has 1 aromatic heterocycles. The number of oxazole rings is 1. The van der Waals surface area contributed by atoms with Crippen LogP contribution in [0.15, 0.2) is 77.4 Å². The largest absolute Gasteiger partial charge is 0.444 e. The van der Waals surface area contributed by atoms with E-state index in [1.807, 2.05) is 48.5 Å². The molecule has 0 aliphatic rings. The number of nitrogens with zero attached hydrogens (tertiary/aromatic N) is 1. The minimum Gasteiger partial charge on any atom is -0.444 e. The Bertz CT molecular complexity index is 1460. The Balaban J connectivity index is 1.50. The molecule has 35 heavy (non-hydrogen) atoms. The molecule has 2 N–H and O–H groups in total. The Hall–Kier alpha value is -4.05. The highest BCUT2D eigenvalue weighted by atomic mass is 32.2. The predicted octanol–water partition coefficient (Wildman–Crippen LogP) is 5.15. The van der Waals surface area contributed by atoms with E-state index < -0.39 is 39.3 Å². The third-order valence-corrected chi connectivity index (χ3v) is 5.73. The van der Waals surface area contributed by atoms with Crippen LogP contribution < -0.4 is 10.0 Å². The third-order valence-electron chi connectivity index (χ3n) is 5.15. The summed E-state index contributed by atoms with van der Waals surface area (Å²) in [5.41, 5.74) is 1.97. The number of anilines is 1. The molecule has 0 aliphatic carbocycles. The van der Waals surface area contributed by atoms with Crippen LogP contribution in [-0.4, -0.2) is 25.6 Å². The van der Waals surface area contributed by atoms with Crippen LogP contribution in [-0.2, 0) is 10.0 Å². The summed E-state index contributed by atoms with van der Waals surface area (Å²) >= 11 is 0. The molecule has 0 saturated carbocycles. The first-order valence-corrected chi connectivity index (χ1v) is 12.4. The van der Waals surface area contributed by atoms with Gasteiger partial charge < -0.3 is 9.73 Å². The maximum Gasteiger partial charge on any atom is 0.273 e. The van der Waals surface area contributed by atoms with E-state index in [9.17, 15) is 22.0 Å². The van der Waals surface area contributed by atoms with Crippen molar-refractivity contribution >= 4 is 21.6 Å². The van der Waals surface area contributed by atoms with E-state index in [0.29, 0.717) is 5.56 Å². The molecule has 4 rings (SSSR count). The molecule has 0 fully saturated rings. The summed E-state index contributed by atoms with van der Waals surface area (Å²) in [6.07, 6.45) is 1.99. The second-order valence-corrected chi connectivity index (χ2v) is 9.66. The first-order valence-electron chi connectivity index (χ1n) is 10.5. The van der Waals surface area contributed by atoms with Gasteiger partial charge in [-0.1, -0.05) is 42.5 Å². The lowest BCUT2D eigenvalue weighted by atomic mass is 10.0. The van der Waals surface area contributed by atoms with E-state index in [1.165, 1.54) is 13.2 Å². The third kappa shape index (κ3) is 5.72. The molecule has 1 heterocycles. The van der Waals surface area contributed by atoms with Crippen molar-refractivity contribution in [2.24, 2.45) is 0 Å². The zero-order chi connectivity index (χ0) is 25.2. The molecule has 0 saturated heterocycles. The number of hydrogen-bond donors (Lipinski definition) is 2. The summed E-state index contributed by atoms with van der Waals surface area (Å²) in [4.78, 5) is 16.9. The molecule has 1 unspecified atom stereocenters. The molecule has 10 heteroatoms. The Morgan fingerprint density at radius 3 is 2.23 bits per heavy atom. The van der Waals surface area contributed by atoms with Gasteiger partial charge in [0.2, 0.25) is 15.9 Å². The molecule has 0 bridgehead atoms. The smallest absolute Gasteiger partial charge is 0.273 e. The Morgan fingerprint density at radius 2 is 1.57 bits per heavy atom. The number of nitrogens with one attached hydrogen (secondary N) is 2. The van der Waals surface area contributed by atoms with Gasteiger partial charge in [-0.15, -0.1) is 0 Å². The van der Waals surface area contributed by atoms with Crippen molar-refractivity contribution in [3.8, 4) is 22.6 Å². The normalized spacial score (nSPS) is 12.2. The zero-order valence-electron chi connectivity index (χ0n) is 18.7. The van der Waals surface area contributed by atoms with Gasteiger partial charge in [0.05, 0.1) is 12.3 Å². The van der Waals surface area contributed by atoms with Crippen LogP contribution in [0, 0.1) is 11.6 Å². The summed E-state index contributed by atoms with van der Waals surface area (Å²) in [5.74, 6) is -2.57. The number of sulfonamides is 1. The fourth-order valence-corrected chi connectivity index (χ4v) is 4.02. The van der Waals surface area contributed by atoms with E-state index in [-0.39, 0.29) is 17.1 Å². The number of benzene rings is 3. The van der Waals surface area contributed by atoms with Crippen LogP contribution in [0.2, 0.25) is 0 Å². The van der Waals surface area contributed by atoms with Gasteiger partial charge in [-0.25, -0.2) is 22.2 Å². The van der Waals surface area contributed by atoms with Crippen molar-refractivity contribution < 1.29 is 26.4 Å². The van der Waals surface area contributed by atoms with Crippen molar-refractivity contribution in [2.45, 2.75) is 13.0 Å². The molecule has 0 aliphatic heterocycles. The lowest BCUT2D eigenvalue weighted by molar-refractivity contribution is 0.0934. The summed E-state index contributed by atoms with van der Waals surface area (Å²) < 4.78 is 58.5. The van der Waals surface area contributed by atoms with E-state index in [1.54, 1.807) is 10.8 Å². The van der Waals surface area contributed by atoms with Gasteiger partial charge in [-0.2, -0.15) is 0 Å². The summed E-state index contributed by atoms with van der Waals surface area (Å²) in [5, 5.41) is 2.60. The topological polar surface area (TPSA) is 101 Å². The second-order valence-electron chi connectivity index (χ2n) is 7.91. The van der Waals surface area contributed by atoms with E-state index >= 15 is 0 Å². The second kappa shape index (κ2) is 9.67. The SMILES string of the molecule is CC(NC(=O)c1coc(-c2cccc(-c3ccccc3)c2)n1)c1cc(F)c(NS(C)(=O)=O)c(F)c1. The number of carbonyl (C=O) groups is 1. The van der Waals surface area contributed by atoms with Gasteiger partial charge >= 0.3 is 0 Å². The lowest BCUT2D eigenvalue weighted by Crippen LogP contribution is -2.27. The highest BCUT2D eigenvalue weighted by Crippen LogP contribution is 2.27. The van der Waals surface area contributed by atoms with Crippen LogP contribution >= 0.6 is 0 Å². The van der Waals surface area contributed by atoms with Gasteiger partial charge in [-0.05, 0) is 47.9 Å². The maximum atomic E-state index is 14.3. The van der Waals surface area contributed by atoms with Crippen LogP contribution in [0.5, 0.6) is 0 Å². The summed E-state index contributed by atoms with van der Waals surface area (Å²) in [6, 6.07) is 18.3. The first-order chi connectivity index (χ1) is 16.6. The highest BCUT2D eigenvalue weighted by molar-refractivity contribution is 7.92. The average Bonchev–Trinajstić information content (AvgIpc) is 3.32. The molecule has 7 nitrogen and oxygen atoms in total. The molecule has 1 amide bonds. The molecule has 1 atom stereocenters. The molecule has 3 aromatic carbocycles. The minimum absolute atomic E-state index is 0.00623. The van der Waals surface area contributed by atoms with Crippen molar-refractivity contribution in [2.75, 3.05) is 11.0 Å². The van der Waals surface area contributed by atoms with Crippen molar-refractivity contribution in [1.29, 1.82) is 0 Å². The van der Waals surface area contributed by atoms with Crippen LogP contribution in [0.25, 0.3) is 22.6 Å². The minimum atomic E-state index is -3.87. The number of halogens is 2. The van der Waals surface area contributed by atoms with Crippen molar-refractivity contribution in [3.63, 3.8) is 0 Å². The van der Waals surface area contributed by atoms with Crippen LogP contribution in [0.1, 0.15) is 29.0 Å². The summed E-state index contributed by atoms with van der Waals surface area (Å²) in [6.45, 7) is 1.53. The number of aromatic nitrogens is 1. The van der Waals surface area contributed by atoms with Gasteiger partial charge in [0, 0.05) is 5.56 Å². The van der Waals surface area contributed by atoms with Crippen molar-refractivity contribution in [1.82, 2.24) is 10.3 Å². The number of carbonyl (C=O) groups excluding carboxylic acids is 1. The first kappa shape index (κ1) is 24.1. The molecule has 180 valence electrons. The van der Waals surface area contributed by atoms with Crippen LogP contribution in [0.3, 0.4) is 0 Å². The van der Waals surface area contributed by atoms with Crippen LogP contribution in [0.4, 0.5) is 14.5 Å². The average molecular weight is 498 g/mol. The van der Waals surface area contributed by atoms with E-state index in [0.717, 1.165) is 29.5 Å². The number of rotatable bonds is 7. The Morgan fingerprint density at radius 1 is 0.943 bits per heavy atom. The van der Waals surface area contributed by atoms with Gasteiger partial charge in [0.15, 0.2) is 17.3 Å². The predicted molar refractivity (Wildman–Crippen MR) is 128 cm³/mol. The standard InChI is InChI=1S/C25H21F2N3O4S/c1-15(19-12-20(26)23(21(27)13-19)30-35(2,32)33)28-24(31)22-14-34-25(29-22)18-10-6-9-17(11-18)16-7-4-3-5-8-16/h3-15,30H,1-2H3,(H,28,31). The fraction of sp³-hybridized carbons (Fsp3) is 0.120. The number of hydrogen-bond acceptors (Lipinski definition) is 5. The lowest BCUT2D eigenvalue weighted by Gasteiger charge is -2.15. The Kier molecular flexibility index (Phi) is 6.65. The molecule has 0 radical (unpaired) electrons. The zero-order valence-corrected chi connectivity index (χ0v) is 19.6. The molecule has 4 aromatic rings.